The monoisotopic (exact) mass is 305 g/mol. The highest BCUT2D eigenvalue weighted by molar-refractivity contribution is 5.96. The lowest BCUT2D eigenvalue weighted by atomic mass is 10.2. The second-order valence-corrected chi connectivity index (χ2v) is 4.40. The summed E-state index contributed by atoms with van der Waals surface area (Å²) in [5.41, 5.74) is 0.352. The van der Waals surface area contributed by atoms with E-state index in [2.05, 4.69) is 15.6 Å². The van der Waals surface area contributed by atoms with Gasteiger partial charge in [-0.2, -0.15) is 0 Å². The number of amides is 2. The zero-order chi connectivity index (χ0) is 15.9. The molecule has 0 radical (unpaired) electrons. The molecular weight excluding hydrogens is 292 g/mol. The maximum atomic E-state index is 13.4. The number of hydrogen-bond acceptors (Lipinski definition) is 3. The number of nitrogens with zero attached hydrogens (tertiary/aromatic N) is 1. The van der Waals surface area contributed by atoms with Crippen LogP contribution in [-0.2, 0) is 11.3 Å². The summed E-state index contributed by atoms with van der Waals surface area (Å²) in [6.07, 6.45) is 1.60. The molecule has 2 N–H and O–H groups in total. The van der Waals surface area contributed by atoms with Crippen LogP contribution in [0, 0.1) is 11.6 Å². The molecule has 0 aliphatic heterocycles. The largest absolute Gasteiger partial charge is 0.349 e. The van der Waals surface area contributed by atoms with E-state index in [9.17, 15) is 18.4 Å². The molecule has 0 saturated carbocycles. The molecule has 1 aromatic carbocycles. The first-order valence-electron chi connectivity index (χ1n) is 6.46. The third-order valence-corrected chi connectivity index (χ3v) is 2.78. The van der Waals surface area contributed by atoms with E-state index in [1.54, 1.807) is 24.4 Å². The van der Waals surface area contributed by atoms with Crippen LogP contribution in [-0.4, -0.2) is 23.3 Å². The van der Waals surface area contributed by atoms with Crippen LogP contribution >= 0.6 is 0 Å². The summed E-state index contributed by atoms with van der Waals surface area (Å²) < 4.78 is 26.1. The van der Waals surface area contributed by atoms with Gasteiger partial charge in [-0.1, -0.05) is 6.07 Å². The lowest BCUT2D eigenvalue weighted by Crippen LogP contribution is -2.37. The smallest absolute Gasteiger partial charge is 0.254 e. The van der Waals surface area contributed by atoms with E-state index in [1.165, 1.54) is 0 Å². The highest BCUT2D eigenvalue weighted by atomic mass is 19.1. The van der Waals surface area contributed by atoms with Crippen molar-refractivity contribution < 1.29 is 18.4 Å². The molecule has 0 saturated heterocycles. The van der Waals surface area contributed by atoms with Crippen molar-refractivity contribution in [3.05, 3.63) is 65.5 Å². The molecule has 5 nitrogen and oxygen atoms in total. The van der Waals surface area contributed by atoms with Crippen molar-refractivity contribution in [3.8, 4) is 0 Å². The molecule has 2 rings (SSSR count). The summed E-state index contributed by atoms with van der Waals surface area (Å²) in [6.45, 7) is -0.0943. The van der Waals surface area contributed by atoms with E-state index in [0.29, 0.717) is 11.8 Å². The highest BCUT2D eigenvalue weighted by Crippen LogP contribution is 2.08. The minimum Gasteiger partial charge on any atom is -0.349 e. The number of halogens is 2. The van der Waals surface area contributed by atoms with Gasteiger partial charge in [-0.3, -0.25) is 14.6 Å². The van der Waals surface area contributed by atoms with E-state index in [-0.39, 0.29) is 18.7 Å². The van der Waals surface area contributed by atoms with Gasteiger partial charge >= 0.3 is 0 Å². The third kappa shape index (κ3) is 4.34. The molecule has 1 aromatic heterocycles. The minimum absolute atomic E-state index is 0.223. The fourth-order valence-corrected chi connectivity index (χ4v) is 1.68. The molecule has 2 amide bonds. The van der Waals surface area contributed by atoms with Crippen molar-refractivity contribution in [1.82, 2.24) is 15.6 Å². The molecule has 0 aliphatic rings. The normalized spacial score (nSPS) is 10.1. The molecule has 1 heterocycles. The van der Waals surface area contributed by atoms with Crippen LogP contribution in [0.2, 0.25) is 0 Å². The zero-order valence-electron chi connectivity index (χ0n) is 11.5. The molecule has 0 bridgehead atoms. The van der Waals surface area contributed by atoms with Crippen molar-refractivity contribution in [3.63, 3.8) is 0 Å². The first kappa shape index (κ1) is 15.6. The summed E-state index contributed by atoms with van der Waals surface area (Å²) >= 11 is 0. The van der Waals surface area contributed by atoms with Crippen molar-refractivity contribution >= 4 is 11.8 Å². The molecule has 114 valence electrons. The lowest BCUT2D eigenvalue weighted by molar-refractivity contribution is -0.120. The fraction of sp³-hybridized carbons (Fsp3) is 0.133. The Morgan fingerprint density at radius 3 is 2.59 bits per heavy atom. The maximum Gasteiger partial charge on any atom is 0.254 e. The minimum atomic E-state index is -0.980. The quantitative estimate of drug-likeness (QED) is 0.877. The highest BCUT2D eigenvalue weighted by Gasteiger charge is 2.13. The Kier molecular flexibility index (Phi) is 5.13. The average Bonchev–Trinajstić information content (AvgIpc) is 2.51. The van der Waals surface area contributed by atoms with E-state index in [1.807, 2.05) is 0 Å². The summed E-state index contributed by atoms with van der Waals surface area (Å²) in [5, 5.41) is 4.82. The molecule has 0 fully saturated rings. The number of nitrogens with one attached hydrogen (secondary N) is 2. The zero-order valence-corrected chi connectivity index (χ0v) is 11.5. The number of benzene rings is 1. The Labute approximate surface area is 125 Å². The predicted molar refractivity (Wildman–Crippen MR) is 74.8 cm³/mol. The summed E-state index contributed by atoms with van der Waals surface area (Å²) in [4.78, 5) is 27.3. The van der Waals surface area contributed by atoms with Crippen LogP contribution in [0.25, 0.3) is 0 Å². The van der Waals surface area contributed by atoms with Crippen molar-refractivity contribution in [1.29, 1.82) is 0 Å². The summed E-state index contributed by atoms with van der Waals surface area (Å²) in [6, 6.07) is 7.88. The average molecular weight is 305 g/mol. The molecule has 2 aromatic rings. The van der Waals surface area contributed by atoms with Gasteiger partial charge in [-0.05, 0) is 24.3 Å². The molecule has 0 spiro atoms. The van der Waals surface area contributed by atoms with Gasteiger partial charge in [-0.15, -0.1) is 0 Å². The van der Waals surface area contributed by atoms with Crippen molar-refractivity contribution in [2.75, 3.05) is 6.54 Å². The summed E-state index contributed by atoms with van der Waals surface area (Å²) in [7, 11) is 0. The van der Waals surface area contributed by atoms with E-state index >= 15 is 0 Å². The van der Waals surface area contributed by atoms with Crippen LogP contribution < -0.4 is 10.6 Å². The second kappa shape index (κ2) is 7.26. The van der Waals surface area contributed by atoms with Gasteiger partial charge in [0.05, 0.1) is 24.3 Å². The number of aromatic nitrogens is 1. The molecule has 22 heavy (non-hydrogen) atoms. The number of rotatable bonds is 5. The molecule has 0 unspecified atom stereocenters. The van der Waals surface area contributed by atoms with Crippen molar-refractivity contribution in [2.45, 2.75) is 6.54 Å². The van der Waals surface area contributed by atoms with Gasteiger partial charge in [-0.25, -0.2) is 8.78 Å². The Hall–Kier alpha value is -2.83. The lowest BCUT2D eigenvalue weighted by Gasteiger charge is -2.07. The Balaban J connectivity index is 1.82. The van der Waals surface area contributed by atoms with Gasteiger partial charge in [0.25, 0.3) is 5.91 Å². The first-order chi connectivity index (χ1) is 10.6. The maximum absolute atomic E-state index is 13.4. The first-order valence-corrected chi connectivity index (χ1v) is 6.46. The van der Waals surface area contributed by atoms with Crippen LogP contribution in [0.1, 0.15) is 16.1 Å². The van der Waals surface area contributed by atoms with Crippen LogP contribution in [0.5, 0.6) is 0 Å². The van der Waals surface area contributed by atoms with Crippen molar-refractivity contribution in [2.24, 2.45) is 0 Å². The summed E-state index contributed by atoms with van der Waals surface area (Å²) in [5.74, 6) is -2.99. The molecule has 0 atom stereocenters. The predicted octanol–water partition coefficient (Wildman–Crippen LogP) is 1.41. The van der Waals surface area contributed by atoms with E-state index in [4.69, 9.17) is 0 Å². The topological polar surface area (TPSA) is 71.1 Å². The third-order valence-electron chi connectivity index (χ3n) is 2.78. The second-order valence-electron chi connectivity index (χ2n) is 4.40. The molecule has 7 heteroatoms. The fourth-order valence-electron chi connectivity index (χ4n) is 1.68. The van der Waals surface area contributed by atoms with Gasteiger partial charge in [0.2, 0.25) is 5.91 Å². The Bertz CT molecular complexity index is 678. The van der Waals surface area contributed by atoms with E-state index < -0.39 is 23.4 Å². The molecular formula is C15H13F2N3O2. The van der Waals surface area contributed by atoms with Gasteiger partial charge < -0.3 is 10.6 Å². The number of pyridine rings is 1. The van der Waals surface area contributed by atoms with Gasteiger partial charge in [0, 0.05) is 12.3 Å². The van der Waals surface area contributed by atoms with Gasteiger partial charge in [0.15, 0.2) is 0 Å². The van der Waals surface area contributed by atoms with Crippen LogP contribution in [0.3, 0.4) is 0 Å². The number of carbonyl (C=O) groups excluding carboxylic acids is 2. The standard InChI is InChI=1S/C15H13F2N3O2/c16-10-4-5-12(13(17)7-10)15(22)20-9-14(21)19-8-11-3-1-2-6-18-11/h1-7H,8-9H2,(H,19,21)(H,20,22). The van der Waals surface area contributed by atoms with Gasteiger partial charge in [0.1, 0.15) is 11.6 Å². The number of hydrogen-bond donors (Lipinski definition) is 2. The van der Waals surface area contributed by atoms with E-state index in [0.717, 1.165) is 12.1 Å². The van der Waals surface area contributed by atoms with Crippen LogP contribution in [0.4, 0.5) is 8.78 Å². The molecule has 0 aliphatic carbocycles. The Morgan fingerprint density at radius 1 is 1.09 bits per heavy atom. The number of carbonyl (C=O) groups is 2. The van der Waals surface area contributed by atoms with Crippen LogP contribution in [0.15, 0.2) is 42.6 Å². The SMILES string of the molecule is O=C(CNC(=O)c1ccc(F)cc1F)NCc1ccccn1. The Morgan fingerprint density at radius 2 is 1.91 bits per heavy atom.